The molecule has 1 aliphatic heterocycles. The molecule has 0 aliphatic carbocycles. The van der Waals surface area contributed by atoms with E-state index in [1.54, 1.807) is 0 Å². The number of benzene rings is 1. The number of rotatable bonds is 2. The number of aryl methyl sites for hydroxylation is 1. The van der Waals surface area contributed by atoms with Crippen molar-refractivity contribution >= 4 is 6.09 Å². The summed E-state index contributed by atoms with van der Waals surface area (Å²) in [6, 6.07) is 7.21. The molecule has 2 rings (SSSR count). The average Bonchev–Trinajstić information content (AvgIpc) is 2.65. The largest absolute Gasteiger partial charge is 0.447 e. The van der Waals surface area contributed by atoms with E-state index < -0.39 is 12.2 Å². The molecule has 2 N–H and O–H groups in total. The third kappa shape index (κ3) is 2.10. The Morgan fingerprint density at radius 3 is 2.67 bits per heavy atom. The number of amides is 1. The monoisotopic (exact) mass is 207 g/mol. The Morgan fingerprint density at radius 2 is 2.13 bits per heavy atom. The second-order valence-corrected chi connectivity index (χ2v) is 3.70. The van der Waals surface area contributed by atoms with Crippen molar-refractivity contribution in [2.24, 2.45) is 0 Å². The van der Waals surface area contributed by atoms with Gasteiger partial charge in [-0.3, -0.25) is 0 Å². The van der Waals surface area contributed by atoms with Crippen LogP contribution < -0.4 is 5.32 Å². The minimum atomic E-state index is -0.711. The summed E-state index contributed by atoms with van der Waals surface area (Å²) in [4.78, 5) is 10.8. The van der Waals surface area contributed by atoms with Gasteiger partial charge in [-0.2, -0.15) is 0 Å². The SMILES string of the molecule is Cc1ccc(C(O)C2COC(=O)N2)cc1. The lowest BCUT2D eigenvalue weighted by molar-refractivity contribution is 0.125. The molecule has 2 atom stereocenters. The molecule has 80 valence electrons. The van der Waals surface area contributed by atoms with Gasteiger partial charge in [0.1, 0.15) is 12.7 Å². The number of alkyl carbamates (subject to hydrolysis) is 1. The van der Waals surface area contributed by atoms with E-state index in [1.165, 1.54) is 0 Å². The van der Waals surface area contributed by atoms with E-state index in [9.17, 15) is 9.90 Å². The first-order valence-electron chi connectivity index (χ1n) is 4.85. The first kappa shape index (κ1) is 9.98. The number of nitrogens with one attached hydrogen (secondary N) is 1. The van der Waals surface area contributed by atoms with Gasteiger partial charge in [0, 0.05) is 0 Å². The highest BCUT2D eigenvalue weighted by Crippen LogP contribution is 2.19. The number of carbonyl (C=O) groups excluding carboxylic acids is 1. The van der Waals surface area contributed by atoms with E-state index in [0.717, 1.165) is 11.1 Å². The summed E-state index contributed by atoms with van der Waals surface area (Å²) in [6.45, 7) is 2.20. The Bertz CT molecular complexity index is 361. The van der Waals surface area contributed by atoms with Gasteiger partial charge in [-0.15, -0.1) is 0 Å². The number of ether oxygens (including phenoxy) is 1. The van der Waals surface area contributed by atoms with Crippen molar-refractivity contribution < 1.29 is 14.6 Å². The van der Waals surface area contributed by atoms with Gasteiger partial charge in [-0.05, 0) is 12.5 Å². The van der Waals surface area contributed by atoms with Gasteiger partial charge in [0.2, 0.25) is 0 Å². The van der Waals surface area contributed by atoms with Crippen LogP contribution in [0.25, 0.3) is 0 Å². The number of carbonyl (C=O) groups is 1. The van der Waals surface area contributed by atoms with Crippen LogP contribution in [0, 0.1) is 6.92 Å². The molecular formula is C11H13NO3. The quantitative estimate of drug-likeness (QED) is 0.764. The zero-order valence-corrected chi connectivity index (χ0v) is 8.43. The first-order valence-corrected chi connectivity index (χ1v) is 4.85. The Morgan fingerprint density at radius 1 is 1.47 bits per heavy atom. The van der Waals surface area contributed by atoms with Crippen LogP contribution in [0.4, 0.5) is 4.79 Å². The molecule has 4 nitrogen and oxygen atoms in total. The zero-order valence-electron chi connectivity index (χ0n) is 8.43. The fourth-order valence-corrected chi connectivity index (χ4v) is 1.57. The molecule has 1 aromatic rings. The number of hydrogen-bond acceptors (Lipinski definition) is 3. The van der Waals surface area contributed by atoms with Gasteiger partial charge in [0.25, 0.3) is 0 Å². The van der Waals surface area contributed by atoms with E-state index in [0.29, 0.717) is 0 Å². The summed E-state index contributed by atoms with van der Waals surface area (Å²) < 4.78 is 4.72. The van der Waals surface area contributed by atoms with Crippen molar-refractivity contribution in [3.05, 3.63) is 35.4 Å². The summed E-state index contributed by atoms with van der Waals surface area (Å²) >= 11 is 0. The maximum atomic E-state index is 10.8. The molecule has 1 aliphatic rings. The van der Waals surface area contributed by atoms with Crippen LogP contribution in [0.15, 0.2) is 24.3 Å². The Balaban J connectivity index is 2.10. The van der Waals surface area contributed by atoms with E-state index in [4.69, 9.17) is 4.74 Å². The summed E-state index contributed by atoms with van der Waals surface area (Å²) in [5.74, 6) is 0. The fraction of sp³-hybridized carbons (Fsp3) is 0.364. The summed E-state index contributed by atoms with van der Waals surface area (Å²) in [7, 11) is 0. The smallest absolute Gasteiger partial charge is 0.407 e. The molecule has 1 amide bonds. The van der Waals surface area contributed by atoms with Crippen LogP contribution in [-0.4, -0.2) is 23.8 Å². The van der Waals surface area contributed by atoms with Crippen molar-refractivity contribution in [3.63, 3.8) is 0 Å². The van der Waals surface area contributed by atoms with Crippen LogP contribution in [0.5, 0.6) is 0 Å². The van der Waals surface area contributed by atoms with E-state index in [-0.39, 0.29) is 12.6 Å². The van der Waals surface area contributed by atoms with Gasteiger partial charge >= 0.3 is 6.09 Å². The van der Waals surface area contributed by atoms with Gasteiger partial charge in [-0.1, -0.05) is 29.8 Å². The van der Waals surface area contributed by atoms with Crippen LogP contribution >= 0.6 is 0 Å². The molecule has 1 aromatic carbocycles. The molecule has 4 heteroatoms. The number of aliphatic hydroxyl groups excluding tert-OH is 1. The van der Waals surface area contributed by atoms with Crippen molar-refractivity contribution in [1.82, 2.24) is 5.32 Å². The van der Waals surface area contributed by atoms with Gasteiger partial charge < -0.3 is 15.2 Å². The summed E-state index contributed by atoms with van der Waals surface area (Å²) in [6.07, 6.45) is -1.18. The number of aliphatic hydroxyl groups is 1. The van der Waals surface area contributed by atoms with Crippen LogP contribution in [0.3, 0.4) is 0 Å². The predicted molar refractivity (Wildman–Crippen MR) is 54.4 cm³/mol. The Kier molecular flexibility index (Phi) is 2.60. The van der Waals surface area contributed by atoms with Crippen molar-refractivity contribution in [1.29, 1.82) is 0 Å². The van der Waals surface area contributed by atoms with Crippen LogP contribution in [-0.2, 0) is 4.74 Å². The van der Waals surface area contributed by atoms with E-state index in [1.807, 2.05) is 31.2 Å². The lowest BCUT2D eigenvalue weighted by Crippen LogP contribution is -2.32. The van der Waals surface area contributed by atoms with Crippen molar-refractivity contribution in [2.75, 3.05) is 6.61 Å². The molecule has 2 unspecified atom stereocenters. The number of hydrogen-bond donors (Lipinski definition) is 2. The Labute approximate surface area is 87.9 Å². The van der Waals surface area contributed by atoms with E-state index in [2.05, 4.69) is 5.32 Å². The fourth-order valence-electron chi connectivity index (χ4n) is 1.57. The molecule has 1 fully saturated rings. The summed E-state index contributed by atoms with van der Waals surface area (Å²) in [5.41, 5.74) is 1.93. The Hall–Kier alpha value is -1.55. The molecule has 0 bridgehead atoms. The topological polar surface area (TPSA) is 58.6 Å². The molecule has 0 radical (unpaired) electrons. The molecular weight excluding hydrogens is 194 g/mol. The molecule has 15 heavy (non-hydrogen) atoms. The normalized spacial score (nSPS) is 22.0. The lowest BCUT2D eigenvalue weighted by atomic mass is 10.0. The molecule has 0 saturated carbocycles. The predicted octanol–water partition coefficient (Wildman–Crippen LogP) is 1.14. The molecule has 1 saturated heterocycles. The van der Waals surface area contributed by atoms with Gasteiger partial charge in [0.05, 0.1) is 6.04 Å². The third-order valence-electron chi connectivity index (χ3n) is 2.50. The highest BCUT2D eigenvalue weighted by Gasteiger charge is 2.29. The van der Waals surface area contributed by atoms with Gasteiger partial charge in [-0.25, -0.2) is 4.79 Å². The van der Waals surface area contributed by atoms with Crippen LogP contribution in [0.1, 0.15) is 17.2 Å². The van der Waals surface area contributed by atoms with Crippen LogP contribution in [0.2, 0.25) is 0 Å². The molecule has 1 heterocycles. The standard InChI is InChI=1S/C11H13NO3/c1-7-2-4-8(5-3-7)10(13)9-6-15-11(14)12-9/h2-5,9-10,13H,6H2,1H3,(H,12,14). The minimum Gasteiger partial charge on any atom is -0.447 e. The lowest BCUT2D eigenvalue weighted by Gasteiger charge is -2.16. The third-order valence-corrected chi connectivity index (χ3v) is 2.50. The highest BCUT2D eigenvalue weighted by atomic mass is 16.6. The van der Waals surface area contributed by atoms with Crippen molar-refractivity contribution in [3.8, 4) is 0 Å². The second kappa shape index (κ2) is 3.90. The second-order valence-electron chi connectivity index (χ2n) is 3.70. The average molecular weight is 207 g/mol. The minimum absolute atomic E-state index is 0.216. The first-order chi connectivity index (χ1) is 7.16. The highest BCUT2D eigenvalue weighted by molar-refractivity contribution is 5.69. The van der Waals surface area contributed by atoms with Crippen molar-refractivity contribution in [2.45, 2.75) is 19.1 Å². The number of cyclic esters (lactones) is 1. The maximum Gasteiger partial charge on any atom is 0.407 e. The molecule has 0 spiro atoms. The maximum absolute atomic E-state index is 10.8. The van der Waals surface area contributed by atoms with E-state index >= 15 is 0 Å². The summed E-state index contributed by atoms with van der Waals surface area (Å²) in [5, 5.41) is 12.5. The van der Waals surface area contributed by atoms with Gasteiger partial charge in [0.15, 0.2) is 0 Å². The zero-order chi connectivity index (χ0) is 10.8. The molecule has 0 aromatic heterocycles.